The molecule has 0 bridgehead atoms. The highest BCUT2D eigenvalue weighted by Gasteiger charge is 1.97. The summed E-state index contributed by atoms with van der Waals surface area (Å²) in [6, 6.07) is 0. The summed E-state index contributed by atoms with van der Waals surface area (Å²) in [6.07, 6.45) is 15.3. The third-order valence-electron chi connectivity index (χ3n) is 4.21. The Labute approximate surface area is 161 Å². The minimum atomic E-state index is -0.705. The summed E-state index contributed by atoms with van der Waals surface area (Å²) in [5.41, 5.74) is 0. The molecule has 0 aromatic carbocycles. The van der Waals surface area contributed by atoms with Gasteiger partial charge < -0.3 is 10.4 Å². The number of unbranched alkanes of at least 4 members (excludes halogenated alkanes) is 11. The summed E-state index contributed by atoms with van der Waals surface area (Å²) in [5, 5.41) is 34.2. The van der Waals surface area contributed by atoms with Crippen LogP contribution in [0.25, 0.3) is 0 Å². The number of hydrogen-bond acceptors (Lipinski definition) is 8. The average Bonchev–Trinajstić information content (AvgIpc) is 2.65. The number of aliphatic carboxylic acids is 1. The predicted molar refractivity (Wildman–Crippen MR) is 98.1 cm³/mol. The van der Waals surface area contributed by atoms with E-state index >= 15 is 0 Å². The lowest BCUT2D eigenvalue weighted by Gasteiger charge is -2.05. The number of nitrogens with one attached hydrogen (secondary N) is 1. The first-order valence-electron chi connectivity index (χ1n) is 10.1. The standard InChI is InChI=1S/C18H37NO8/c20-18(21)14-10-12-16-19-15-11-8-6-4-2-1-3-5-7-9-13-17-23-25-27-26-24-22/h19,22H,1-17H2,(H,20,21). The first kappa shape index (κ1) is 26.2. The molecular formula is C18H37NO8. The van der Waals surface area contributed by atoms with E-state index in [1.165, 1.54) is 57.8 Å². The minimum Gasteiger partial charge on any atom is -0.481 e. The molecule has 0 aliphatic carbocycles. The highest BCUT2D eigenvalue weighted by Crippen LogP contribution is 2.11. The zero-order valence-electron chi connectivity index (χ0n) is 16.4. The third kappa shape index (κ3) is 25.2. The van der Waals surface area contributed by atoms with E-state index in [-0.39, 0.29) is 6.42 Å². The molecule has 0 fully saturated rings. The molecule has 162 valence electrons. The summed E-state index contributed by atoms with van der Waals surface area (Å²) in [7, 11) is 0. The Balaban J connectivity index is 2.98. The second-order valence-corrected chi connectivity index (χ2v) is 6.59. The number of rotatable bonds is 23. The van der Waals surface area contributed by atoms with Gasteiger partial charge in [0, 0.05) is 6.42 Å². The van der Waals surface area contributed by atoms with Crippen LogP contribution in [-0.2, 0) is 29.8 Å². The van der Waals surface area contributed by atoms with Crippen molar-refractivity contribution in [3.8, 4) is 0 Å². The van der Waals surface area contributed by atoms with Crippen LogP contribution < -0.4 is 5.32 Å². The monoisotopic (exact) mass is 395 g/mol. The van der Waals surface area contributed by atoms with Gasteiger partial charge in [-0.3, -0.25) is 4.79 Å². The molecule has 0 aliphatic heterocycles. The van der Waals surface area contributed by atoms with Crippen LogP contribution in [0.15, 0.2) is 0 Å². The van der Waals surface area contributed by atoms with Gasteiger partial charge in [0.25, 0.3) is 0 Å². The summed E-state index contributed by atoms with van der Waals surface area (Å²) >= 11 is 0. The van der Waals surface area contributed by atoms with Gasteiger partial charge >= 0.3 is 5.97 Å². The quantitative estimate of drug-likeness (QED) is 0.132. The minimum absolute atomic E-state index is 0.276. The summed E-state index contributed by atoms with van der Waals surface area (Å²) < 4.78 is 0. The highest BCUT2D eigenvalue weighted by atomic mass is 17.8. The van der Waals surface area contributed by atoms with E-state index in [4.69, 9.17) is 10.4 Å². The van der Waals surface area contributed by atoms with Crippen molar-refractivity contribution in [1.29, 1.82) is 0 Å². The molecule has 0 saturated carbocycles. The van der Waals surface area contributed by atoms with Crippen molar-refractivity contribution >= 4 is 5.97 Å². The van der Waals surface area contributed by atoms with Gasteiger partial charge in [-0.2, -0.15) is 0 Å². The zero-order chi connectivity index (χ0) is 19.8. The Kier molecular flexibility index (Phi) is 22.5. The summed E-state index contributed by atoms with van der Waals surface area (Å²) in [5.74, 6) is -0.705. The van der Waals surface area contributed by atoms with Crippen LogP contribution in [-0.4, -0.2) is 36.0 Å². The van der Waals surface area contributed by atoms with Crippen molar-refractivity contribution in [2.24, 2.45) is 0 Å². The Bertz CT molecular complexity index is 307. The van der Waals surface area contributed by atoms with Crippen molar-refractivity contribution in [3.05, 3.63) is 0 Å². The molecule has 0 amide bonds. The molecular weight excluding hydrogens is 358 g/mol. The van der Waals surface area contributed by atoms with Crippen LogP contribution in [0.2, 0.25) is 0 Å². The van der Waals surface area contributed by atoms with Crippen molar-refractivity contribution in [2.75, 3.05) is 19.7 Å². The lowest BCUT2D eigenvalue weighted by Crippen LogP contribution is -2.16. The third-order valence-corrected chi connectivity index (χ3v) is 4.21. The first-order chi connectivity index (χ1) is 13.3. The highest BCUT2D eigenvalue weighted by molar-refractivity contribution is 5.66. The van der Waals surface area contributed by atoms with E-state index in [0.717, 1.165) is 38.8 Å². The second-order valence-electron chi connectivity index (χ2n) is 6.59. The molecule has 0 radical (unpaired) electrons. The molecule has 3 N–H and O–H groups in total. The molecule has 0 spiro atoms. The van der Waals surface area contributed by atoms with Crippen LogP contribution in [0.3, 0.4) is 0 Å². The first-order valence-corrected chi connectivity index (χ1v) is 10.1. The Morgan fingerprint density at radius 2 is 1.19 bits per heavy atom. The topological polar surface area (TPSA) is 116 Å². The molecule has 0 unspecified atom stereocenters. The van der Waals surface area contributed by atoms with Gasteiger partial charge in [0.1, 0.15) is 0 Å². The van der Waals surface area contributed by atoms with Crippen LogP contribution in [0.1, 0.15) is 89.9 Å². The summed E-state index contributed by atoms with van der Waals surface area (Å²) in [4.78, 5) is 15.0. The maximum absolute atomic E-state index is 10.4. The smallest absolute Gasteiger partial charge is 0.303 e. The van der Waals surface area contributed by atoms with Gasteiger partial charge in [0.15, 0.2) is 0 Å². The number of hydrogen-bond donors (Lipinski definition) is 3. The van der Waals surface area contributed by atoms with Crippen molar-refractivity contribution in [3.63, 3.8) is 0 Å². The fourth-order valence-electron chi connectivity index (χ4n) is 2.73. The van der Waals surface area contributed by atoms with E-state index in [1.807, 2.05) is 0 Å². The van der Waals surface area contributed by atoms with E-state index in [9.17, 15) is 4.79 Å². The lowest BCUT2D eigenvalue weighted by molar-refractivity contribution is -0.753. The molecule has 0 aromatic heterocycles. The maximum Gasteiger partial charge on any atom is 0.303 e. The number of carboxylic acid groups (broad SMARTS) is 1. The van der Waals surface area contributed by atoms with Gasteiger partial charge in [-0.1, -0.05) is 57.8 Å². The lowest BCUT2D eigenvalue weighted by atomic mass is 10.1. The van der Waals surface area contributed by atoms with Gasteiger partial charge in [0.05, 0.1) is 6.61 Å². The molecule has 0 saturated heterocycles. The van der Waals surface area contributed by atoms with Crippen molar-refractivity contribution in [1.82, 2.24) is 5.32 Å². The molecule has 0 aliphatic rings. The largest absolute Gasteiger partial charge is 0.481 e. The Morgan fingerprint density at radius 1 is 0.667 bits per heavy atom. The Hall–Kier alpha value is -0.810. The van der Waals surface area contributed by atoms with Gasteiger partial charge in [-0.05, 0) is 58.9 Å². The van der Waals surface area contributed by atoms with E-state index in [1.54, 1.807) is 0 Å². The molecule has 27 heavy (non-hydrogen) atoms. The molecule has 0 rings (SSSR count). The molecule has 0 heterocycles. The molecule has 9 nitrogen and oxygen atoms in total. The van der Waals surface area contributed by atoms with Crippen LogP contribution in [0, 0.1) is 0 Å². The fraction of sp³-hybridized carbons (Fsp3) is 0.944. The van der Waals surface area contributed by atoms with Gasteiger partial charge in [-0.25, -0.2) is 10.1 Å². The van der Waals surface area contributed by atoms with Crippen LogP contribution in [0.5, 0.6) is 0 Å². The van der Waals surface area contributed by atoms with Crippen LogP contribution >= 0.6 is 0 Å². The predicted octanol–water partition coefficient (Wildman–Crippen LogP) is 4.34. The second kappa shape index (κ2) is 23.2. The number of carboxylic acids is 1. The number of carbonyl (C=O) groups is 1. The van der Waals surface area contributed by atoms with E-state index in [0.29, 0.717) is 6.61 Å². The SMILES string of the molecule is O=C(O)CCCCNCCCCCCCCCCCCCOOOOOO. The van der Waals surface area contributed by atoms with Gasteiger partial charge in [0.2, 0.25) is 0 Å². The summed E-state index contributed by atoms with van der Waals surface area (Å²) in [6.45, 7) is 2.36. The van der Waals surface area contributed by atoms with E-state index in [2.05, 4.69) is 30.4 Å². The zero-order valence-corrected chi connectivity index (χ0v) is 16.4. The van der Waals surface area contributed by atoms with Crippen molar-refractivity contribution in [2.45, 2.75) is 89.9 Å². The van der Waals surface area contributed by atoms with Crippen molar-refractivity contribution < 1.29 is 40.2 Å². The van der Waals surface area contributed by atoms with E-state index < -0.39 is 5.97 Å². The Morgan fingerprint density at radius 3 is 1.74 bits per heavy atom. The fourth-order valence-corrected chi connectivity index (χ4v) is 2.73. The maximum atomic E-state index is 10.4. The molecule has 0 atom stereocenters. The molecule has 0 aromatic rings. The normalized spacial score (nSPS) is 11.1. The van der Waals surface area contributed by atoms with Gasteiger partial charge in [-0.15, -0.1) is 0 Å². The molecule has 9 heteroatoms. The van der Waals surface area contributed by atoms with Crippen LogP contribution in [0.4, 0.5) is 0 Å². The average molecular weight is 395 g/mol.